The van der Waals surface area contributed by atoms with Crippen LogP contribution in [0.4, 0.5) is 0 Å². The summed E-state index contributed by atoms with van der Waals surface area (Å²) in [6.07, 6.45) is 38.8. The number of allylic oxidation sites excluding steroid dienone is 1. The number of unbranched alkanes of at least 4 members (excludes halogenated alkanes) is 31. The number of nitrogens with one attached hydrogen (secondary N) is 1. The summed E-state index contributed by atoms with van der Waals surface area (Å²) >= 11 is 0. The molecule has 1 heterocycles. The standard InChI is InChI=1S/C64H109NO9/c1-3-5-7-9-11-13-15-17-18-19-20-21-22-23-24-25-26-27-29-31-33-35-43-49-59(67)65-57(53-73-63-62(70)61(69)60(68)56(51-66)74-63)64(71,50-54-44-38-36-39-45-54)58(72-52-55-46-40-37-41-47-55)48-42-34-32-30-28-16-14-12-10-8-6-4-2/h34,36-42,44-47,56-58,60-63,66,68-71H,3-33,35,43,48-53H2,1-2H3,(H,65,67)/t56-,57+,58-,60+,61+,62-,63+,64+/m1/s1. The molecule has 424 valence electrons. The maximum Gasteiger partial charge on any atom is 0.220 e. The summed E-state index contributed by atoms with van der Waals surface area (Å²) in [7, 11) is 0. The smallest absolute Gasteiger partial charge is 0.220 e. The van der Waals surface area contributed by atoms with Gasteiger partial charge in [0.1, 0.15) is 30.0 Å². The monoisotopic (exact) mass is 1040 g/mol. The quantitative estimate of drug-likeness (QED) is 0.0280. The minimum Gasteiger partial charge on any atom is -0.394 e. The molecule has 1 aliphatic heterocycles. The van der Waals surface area contributed by atoms with Gasteiger partial charge in [-0.2, -0.15) is 0 Å². The van der Waals surface area contributed by atoms with Crippen molar-refractivity contribution in [2.75, 3.05) is 13.2 Å². The summed E-state index contributed by atoms with van der Waals surface area (Å²) < 4.78 is 18.6. The molecule has 3 rings (SSSR count). The minimum atomic E-state index is -1.74. The summed E-state index contributed by atoms with van der Waals surface area (Å²) in [5.41, 5.74) is 0.0366. The number of benzene rings is 2. The first kappa shape index (κ1) is 65.6. The van der Waals surface area contributed by atoms with E-state index in [0.717, 1.165) is 43.2 Å². The van der Waals surface area contributed by atoms with E-state index in [-0.39, 0.29) is 32.0 Å². The first-order valence-corrected chi connectivity index (χ1v) is 30.5. The summed E-state index contributed by atoms with van der Waals surface area (Å²) in [5, 5.41) is 58.5. The highest BCUT2D eigenvalue weighted by Gasteiger charge is 2.48. The van der Waals surface area contributed by atoms with Crippen molar-refractivity contribution in [3.05, 3.63) is 83.9 Å². The van der Waals surface area contributed by atoms with Crippen molar-refractivity contribution in [2.24, 2.45) is 0 Å². The predicted octanol–water partition coefficient (Wildman–Crippen LogP) is 14.1. The molecule has 0 aromatic heterocycles. The van der Waals surface area contributed by atoms with Crippen LogP contribution in [-0.4, -0.2) is 93.1 Å². The van der Waals surface area contributed by atoms with Crippen LogP contribution in [-0.2, 0) is 32.0 Å². The summed E-state index contributed by atoms with van der Waals surface area (Å²) in [4.78, 5) is 14.0. The zero-order valence-electron chi connectivity index (χ0n) is 46.9. The Bertz CT molecular complexity index is 1610. The third kappa shape index (κ3) is 29.2. The molecule has 10 heteroatoms. The lowest BCUT2D eigenvalue weighted by Gasteiger charge is -2.44. The van der Waals surface area contributed by atoms with E-state index in [1.807, 2.05) is 60.7 Å². The molecule has 0 aliphatic carbocycles. The molecule has 1 aliphatic rings. The molecule has 2 aromatic rings. The zero-order chi connectivity index (χ0) is 53.2. The van der Waals surface area contributed by atoms with Crippen LogP contribution in [0.5, 0.6) is 0 Å². The normalized spacial score (nSPS) is 19.7. The molecule has 1 saturated heterocycles. The first-order valence-electron chi connectivity index (χ1n) is 30.5. The van der Waals surface area contributed by atoms with Crippen LogP contribution in [0.15, 0.2) is 72.8 Å². The second-order valence-corrected chi connectivity index (χ2v) is 21.9. The van der Waals surface area contributed by atoms with Gasteiger partial charge in [-0.1, -0.05) is 279 Å². The molecule has 74 heavy (non-hydrogen) atoms. The number of ether oxygens (including phenoxy) is 3. The fourth-order valence-corrected chi connectivity index (χ4v) is 10.5. The van der Waals surface area contributed by atoms with E-state index in [1.54, 1.807) is 0 Å². The maximum absolute atomic E-state index is 14.0. The van der Waals surface area contributed by atoms with Crippen LogP contribution in [0.25, 0.3) is 0 Å². The Balaban J connectivity index is 1.58. The average molecular weight is 1040 g/mol. The van der Waals surface area contributed by atoms with E-state index in [0.29, 0.717) is 12.8 Å². The molecule has 0 bridgehead atoms. The van der Waals surface area contributed by atoms with E-state index >= 15 is 0 Å². The number of aliphatic hydroxyl groups is 5. The van der Waals surface area contributed by atoms with E-state index < -0.39 is 55.1 Å². The number of hydrogen-bond acceptors (Lipinski definition) is 9. The summed E-state index contributed by atoms with van der Waals surface area (Å²) in [6, 6.07) is 18.4. The van der Waals surface area contributed by atoms with Crippen molar-refractivity contribution in [2.45, 2.75) is 300 Å². The number of aliphatic hydroxyl groups excluding tert-OH is 4. The van der Waals surface area contributed by atoms with Gasteiger partial charge in [-0.15, -0.1) is 0 Å². The molecular formula is C64H109NO9. The Morgan fingerprint density at radius 2 is 1.01 bits per heavy atom. The van der Waals surface area contributed by atoms with Crippen molar-refractivity contribution in [3.8, 4) is 0 Å². The van der Waals surface area contributed by atoms with Crippen molar-refractivity contribution in [1.82, 2.24) is 5.32 Å². The van der Waals surface area contributed by atoms with Crippen LogP contribution >= 0.6 is 0 Å². The van der Waals surface area contributed by atoms with Crippen LogP contribution < -0.4 is 5.32 Å². The highest BCUT2D eigenvalue weighted by molar-refractivity contribution is 5.76. The SMILES string of the molecule is CCCCCCCCCCCC=CC[C@@H](OCc1ccccc1)[C@](O)(Cc1ccccc1)[C@H](CO[C@H]1O[C@H](CO)[C@H](O)[C@H](O)[C@H]1O)NC(=O)CCCCCCCCCCCCCCCCCCCCCCCCC. The summed E-state index contributed by atoms with van der Waals surface area (Å²) in [6.45, 7) is 3.84. The van der Waals surface area contributed by atoms with Crippen LogP contribution in [0.3, 0.4) is 0 Å². The molecule has 10 nitrogen and oxygen atoms in total. The third-order valence-electron chi connectivity index (χ3n) is 15.4. The molecular weight excluding hydrogens is 927 g/mol. The van der Waals surface area contributed by atoms with Crippen molar-refractivity contribution in [1.29, 1.82) is 0 Å². The van der Waals surface area contributed by atoms with Gasteiger partial charge in [0.05, 0.1) is 32.0 Å². The summed E-state index contributed by atoms with van der Waals surface area (Å²) in [5.74, 6) is -0.231. The van der Waals surface area contributed by atoms with Gasteiger partial charge in [-0.25, -0.2) is 0 Å². The van der Waals surface area contributed by atoms with Gasteiger partial charge in [0, 0.05) is 12.8 Å². The largest absolute Gasteiger partial charge is 0.394 e. The molecule has 0 unspecified atom stereocenters. The van der Waals surface area contributed by atoms with E-state index in [1.165, 1.54) is 173 Å². The molecule has 6 N–H and O–H groups in total. The Morgan fingerprint density at radius 1 is 0.581 bits per heavy atom. The van der Waals surface area contributed by atoms with E-state index in [2.05, 4.69) is 31.3 Å². The Labute approximate surface area is 451 Å². The lowest BCUT2D eigenvalue weighted by Crippen LogP contribution is -2.64. The van der Waals surface area contributed by atoms with Gasteiger partial charge in [0.25, 0.3) is 0 Å². The Hall–Kier alpha value is -2.67. The first-order chi connectivity index (χ1) is 36.2. The van der Waals surface area contributed by atoms with Crippen molar-refractivity contribution >= 4 is 5.91 Å². The third-order valence-corrected chi connectivity index (χ3v) is 15.4. The number of amides is 1. The number of carbonyl (C=O) groups excluding carboxylic acids is 1. The topological polar surface area (TPSA) is 158 Å². The fraction of sp³-hybridized carbons (Fsp3) is 0.766. The average Bonchev–Trinajstić information content (AvgIpc) is 3.41. The second kappa shape index (κ2) is 43.3. The van der Waals surface area contributed by atoms with Crippen molar-refractivity contribution in [3.63, 3.8) is 0 Å². The van der Waals surface area contributed by atoms with E-state index in [4.69, 9.17) is 14.2 Å². The van der Waals surface area contributed by atoms with Crippen molar-refractivity contribution < 1.29 is 44.5 Å². The predicted molar refractivity (Wildman–Crippen MR) is 304 cm³/mol. The lowest BCUT2D eigenvalue weighted by atomic mass is 9.80. The molecule has 2 aromatic carbocycles. The Morgan fingerprint density at radius 3 is 1.47 bits per heavy atom. The fourth-order valence-electron chi connectivity index (χ4n) is 10.5. The zero-order valence-corrected chi connectivity index (χ0v) is 46.9. The number of carbonyl (C=O) groups is 1. The molecule has 0 spiro atoms. The van der Waals surface area contributed by atoms with Crippen LogP contribution in [0, 0.1) is 0 Å². The van der Waals surface area contributed by atoms with E-state index in [9.17, 15) is 30.3 Å². The second-order valence-electron chi connectivity index (χ2n) is 21.9. The highest BCUT2D eigenvalue weighted by atomic mass is 16.7. The van der Waals surface area contributed by atoms with Gasteiger partial charge in [-0.05, 0) is 36.8 Å². The van der Waals surface area contributed by atoms with Gasteiger partial charge in [0.2, 0.25) is 5.91 Å². The molecule has 1 fully saturated rings. The van der Waals surface area contributed by atoms with Gasteiger partial charge in [0.15, 0.2) is 6.29 Å². The molecule has 8 atom stereocenters. The maximum atomic E-state index is 14.0. The number of hydrogen-bond donors (Lipinski definition) is 6. The minimum absolute atomic E-state index is 0.113. The van der Waals surface area contributed by atoms with Crippen LogP contribution in [0.1, 0.15) is 250 Å². The lowest BCUT2D eigenvalue weighted by molar-refractivity contribution is -0.304. The number of rotatable bonds is 48. The Kier molecular flexibility index (Phi) is 38.4. The molecule has 1 amide bonds. The van der Waals surface area contributed by atoms with Gasteiger partial charge >= 0.3 is 0 Å². The van der Waals surface area contributed by atoms with Gasteiger partial charge < -0.3 is 45.1 Å². The molecule has 0 saturated carbocycles. The van der Waals surface area contributed by atoms with Crippen LogP contribution in [0.2, 0.25) is 0 Å². The highest BCUT2D eigenvalue weighted by Crippen LogP contribution is 2.31. The molecule has 0 radical (unpaired) electrons. The van der Waals surface area contributed by atoms with Gasteiger partial charge in [-0.3, -0.25) is 4.79 Å².